The maximum absolute atomic E-state index is 5.37. The molecular formula is C12H13NO. The van der Waals surface area contributed by atoms with E-state index in [4.69, 9.17) is 4.74 Å². The average molecular weight is 187 g/mol. The van der Waals surface area contributed by atoms with Crippen LogP contribution in [0, 0.1) is 0 Å². The lowest BCUT2D eigenvalue weighted by Gasteiger charge is -2.03. The zero-order chi connectivity index (χ0) is 9.80. The molecule has 2 aromatic rings. The summed E-state index contributed by atoms with van der Waals surface area (Å²) in [5.74, 6) is 0.919. The topological polar surface area (TPSA) is 25.0 Å². The first-order valence-corrected chi connectivity index (χ1v) is 4.77. The molecule has 1 aromatic heterocycles. The predicted octanol–water partition coefficient (Wildman–Crippen LogP) is 3.08. The van der Waals surface area contributed by atoms with Gasteiger partial charge in [-0.15, -0.1) is 0 Å². The minimum atomic E-state index is 0.710. The minimum absolute atomic E-state index is 0.710. The van der Waals surface area contributed by atoms with Gasteiger partial charge in [0.1, 0.15) is 5.75 Å². The number of H-pyrrole nitrogens is 1. The molecule has 0 bridgehead atoms. The summed E-state index contributed by atoms with van der Waals surface area (Å²) in [5.41, 5.74) is 2.31. The molecule has 0 radical (unpaired) electrons. The Hall–Kier alpha value is -1.70. The van der Waals surface area contributed by atoms with Crippen molar-refractivity contribution in [2.24, 2.45) is 0 Å². The van der Waals surface area contributed by atoms with Gasteiger partial charge in [-0.1, -0.05) is 0 Å². The Kier molecular flexibility index (Phi) is 2.54. The van der Waals surface area contributed by atoms with E-state index in [1.54, 1.807) is 0 Å². The maximum atomic E-state index is 5.37. The van der Waals surface area contributed by atoms with Crippen LogP contribution in [-0.2, 0) is 0 Å². The van der Waals surface area contributed by atoms with E-state index in [0.29, 0.717) is 6.61 Å². The van der Waals surface area contributed by atoms with Gasteiger partial charge in [0.15, 0.2) is 0 Å². The summed E-state index contributed by atoms with van der Waals surface area (Å²) < 4.78 is 5.37. The normalized spacial score (nSPS) is 10.1. The van der Waals surface area contributed by atoms with Crippen molar-refractivity contribution in [3.63, 3.8) is 0 Å². The molecule has 1 N–H and O–H groups in total. The van der Waals surface area contributed by atoms with Gasteiger partial charge in [-0.05, 0) is 48.9 Å². The SMILES string of the molecule is CCOc1ccc(-c2ccc[nH]2)cc1. The van der Waals surface area contributed by atoms with Crippen molar-refractivity contribution in [3.05, 3.63) is 42.6 Å². The van der Waals surface area contributed by atoms with Crippen molar-refractivity contribution in [2.75, 3.05) is 6.61 Å². The highest BCUT2D eigenvalue weighted by atomic mass is 16.5. The smallest absolute Gasteiger partial charge is 0.119 e. The van der Waals surface area contributed by atoms with Crippen LogP contribution in [0.5, 0.6) is 5.75 Å². The molecule has 0 saturated carbocycles. The number of ether oxygens (including phenoxy) is 1. The fraction of sp³-hybridized carbons (Fsp3) is 0.167. The highest BCUT2D eigenvalue weighted by molar-refractivity contribution is 5.60. The van der Waals surface area contributed by atoms with Crippen LogP contribution in [-0.4, -0.2) is 11.6 Å². The molecule has 2 nitrogen and oxygen atoms in total. The molecule has 0 fully saturated rings. The highest BCUT2D eigenvalue weighted by Crippen LogP contribution is 2.20. The summed E-state index contributed by atoms with van der Waals surface area (Å²) in [6, 6.07) is 12.1. The Morgan fingerprint density at radius 1 is 1.14 bits per heavy atom. The predicted molar refractivity (Wildman–Crippen MR) is 57.4 cm³/mol. The van der Waals surface area contributed by atoms with Gasteiger partial charge in [-0.25, -0.2) is 0 Å². The molecule has 0 amide bonds. The average Bonchev–Trinajstić information content (AvgIpc) is 2.72. The number of aromatic nitrogens is 1. The van der Waals surface area contributed by atoms with E-state index in [1.165, 1.54) is 5.56 Å². The highest BCUT2D eigenvalue weighted by Gasteiger charge is 1.97. The number of benzene rings is 1. The Balaban J connectivity index is 2.22. The second kappa shape index (κ2) is 4.01. The fourth-order valence-electron chi connectivity index (χ4n) is 1.41. The lowest BCUT2D eigenvalue weighted by atomic mass is 10.1. The zero-order valence-electron chi connectivity index (χ0n) is 8.16. The Morgan fingerprint density at radius 3 is 2.50 bits per heavy atom. The minimum Gasteiger partial charge on any atom is -0.494 e. The largest absolute Gasteiger partial charge is 0.494 e. The van der Waals surface area contributed by atoms with E-state index in [-0.39, 0.29) is 0 Å². The van der Waals surface area contributed by atoms with Gasteiger partial charge in [0, 0.05) is 11.9 Å². The molecule has 0 saturated heterocycles. The van der Waals surface area contributed by atoms with Crippen molar-refractivity contribution >= 4 is 0 Å². The van der Waals surface area contributed by atoms with E-state index in [1.807, 2.05) is 31.3 Å². The second-order valence-corrected chi connectivity index (χ2v) is 3.04. The number of hydrogen-bond acceptors (Lipinski definition) is 1. The van der Waals surface area contributed by atoms with Crippen LogP contribution >= 0.6 is 0 Å². The van der Waals surface area contributed by atoms with Gasteiger partial charge in [0.05, 0.1) is 6.61 Å². The van der Waals surface area contributed by atoms with Crippen molar-refractivity contribution in [1.82, 2.24) is 4.98 Å². The summed E-state index contributed by atoms with van der Waals surface area (Å²) >= 11 is 0. The molecule has 1 aromatic carbocycles. The van der Waals surface area contributed by atoms with Gasteiger partial charge in [-0.3, -0.25) is 0 Å². The molecule has 0 unspecified atom stereocenters. The Labute approximate surface area is 83.5 Å². The van der Waals surface area contributed by atoms with Crippen LogP contribution < -0.4 is 4.74 Å². The Bertz CT molecular complexity index is 375. The van der Waals surface area contributed by atoms with E-state index in [2.05, 4.69) is 23.2 Å². The number of nitrogens with one attached hydrogen (secondary N) is 1. The molecule has 0 atom stereocenters. The summed E-state index contributed by atoms with van der Waals surface area (Å²) in [6.07, 6.45) is 1.92. The molecule has 0 aliphatic rings. The van der Waals surface area contributed by atoms with Gasteiger partial charge in [0.25, 0.3) is 0 Å². The molecular weight excluding hydrogens is 174 g/mol. The fourth-order valence-corrected chi connectivity index (χ4v) is 1.41. The zero-order valence-corrected chi connectivity index (χ0v) is 8.16. The number of rotatable bonds is 3. The number of aromatic amines is 1. The summed E-state index contributed by atoms with van der Waals surface area (Å²) in [6.45, 7) is 2.70. The maximum Gasteiger partial charge on any atom is 0.119 e. The third-order valence-electron chi connectivity index (χ3n) is 2.07. The van der Waals surface area contributed by atoms with Crippen molar-refractivity contribution in [3.8, 4) is 17.0 Å². The monoisotopic (exact) mass is 187 g/mol. The molecule has 0 aliphatic carbocycles. The summed E-state index contributed by atoms with van der Waals surface area (Å²) in [4.78, 5) is 3.16. The van der Waals surface area contributed by atoms with E-state index < -0.39 is 0 Å². The van der Waals surface area contributed by atoms with E-state index >= 15 is 0 Å². The third kappa shape index (κ3) is 1.79. The lowest BCUT2D eigenvalue weighted by Crippen LogP contribution is -1.90. The van der Waals surface area contributed by atoms with Crippen LogP contribution in [0.4, 0.5) is 0 Å². The number of hydrogen-bond donors (Lipinski definition) is 1. The van der Waals surface area contributed by atoms with Gasteiger partial charge < -0.3 is 9.72 Å². The van der Waals surface area contributed by atoms with E-state index in [0.717, 1.165) is 11.4 Å². The molecule has 2 rings (SSSR count). The van der Waals surface area contributed by atoms with Crippen molar-refractivity contribution in [2.45, 2.75) is 6.92 Å². The standard InChI is InChI=1S/C12H13NO/c1-2-14-11-7-5-10(6-8-11)12-4-3-9-13-12/h3-9,13H,2H2,1H3. The van der Waals surface area contributed by atoms with Crippen LogP contribution in [0.3, 0.4) is 0 Å². The lowest BCUT2D eigenvalue weighted by molar-refractivity contribution is 0.340. The molecule has 2 heteroatoms. The third-order valence-corrected chi connectivity index (χ3v) is 2.07. The molecule has 1 heterocycles. The van der Waals surface area contributed by atoms with Gasteiger partial charge >= 0.3 is 0 Å². The summed E-state index contributed by atoms with van der Waals surface area (Å²) in [7, 11) is 0. The van der Waals surface area contributed by atoms with Crippen LogP contribution in [0.25, 0.3) is 11.3 Å². The first kappa shape index (κ1) is 8.88. The van der Waals surface area contributed by atoms with Crippen molar-refractivity contribution < 1.29 is 4.74 Å². The molecule has 0 aliphatic heterocycles. The molecule has 0 spiro atoms. The van der Waals surface area contributed by atoms with Gasteiger partial charge in [-0.2, -0.15) is 0 Å². The van der Waals surface area contributed by atoms with Crippen LogP contribution in [0.15, 0.2) is 42.6 Å². The molecule has 72 valence electrons. The quantitative estimate of drug-likeness (QED) is 0.784. The van der Waals surface area contributed by atoms with Gasteiger partial charge in [0.2, 0.25) is 0 Å². The first-order chi connectivity index (χ1) is 6.90. The van der Waals surface area contributed by atoms with E-state index in [9.17, 15) is 0 Å². The van der Waals surface area contributed by atoms with Crippen LogP contribution in [0.2, 0.25) is 0 Å². The first-order valence-electron chi connectivity index (χ1n) is 4.77. The van der Waals surface area contributed by atoms with Crippen LogP contribution in [0.1, 0.15) is 6.92 Å². The van der Waals surface area contributed by atoms with Crippen molar-refractivity contribution in [1.29, 1.82) is 0 Å². The second-order valence-electron chi connectivity index (χ2n) is 3.04. The summed E-state index contributed by atoms with van der Waals surface area (Å²) in [5, 5.41) is 0. The molecule has 14 heavy (non-hydrogen) atoms. The Morgan fingerprint density at radius 2 is 1.93 bits per heavy atom.